The van der Waals surface area contributed by atoms with Gasteiger partial charge in [0.2, 0.25) is 0 Å². The SMILES string of the molecule is CSc1cccc(Nc2ccc(Cl)cc2F)c1C#N. The van der Waals surface area contributed by atoms with E-state index in [0.29, 0.717) is 22.0 Å². The molecular weight excluding hydrogens is 283 g/mol. The average molecular weight is 293 g/mol. The van der Waals surface area contributed by atoms with Gasteiger partial charge in [0.25, 0.3) is 0 Å². The van der Waals surface area contributed by atoms with Crippen molar-refractivity contribution in [3.8, 4) is 6.07 Å². The molecule has 5 heteroatoms. The van der Waals surface area contributed by atoms with Gasteiger partial charge in [-0.1, -0.05) is 17.7 Å². The summed E-state index contributed by atoms with van der Waals surface area (Å²) in [7, 11) is 0. The van der Waals surface area contributed by atoms with E-state index >= 15 is 0 Å². The van der Waals surface area contributed by atoms with Gasteiger partial charge < -0.3 is 5.32 Å². The molecule has 2 nitrogen and oxygen atoms in total. The van der Waals surface area contributed by atoms with E-state index in [1.807, 2.05) is 18.4 Å². The van der Waals surface area contributed by atoms with E-state index in [4.69, 9.17) is 11.6 Å². The van der Waals surface area contributed by atoms with E-state index in [0.717, 1.165) is 4.90 Å². The Morgan fingerprint density at radius 3 is 2.68 bits per heavy atom. The van der Waals surface area contributed by atoms with Gasteiger partial charge in [-0.15, -0.1) is 11.8 Å². The molecule has 0 radical (unpaired) electrons. The third-order valence-corrected chi connectivity index (χ3v) is 3.57. The van der Waals surface area contributed by atoms with Crippen LogP contribution in [0.5, 0.6) is 0 Å². The van der Waals surface area contributed by atoms with E-state index in [1.165, 1.54) is 17.8 Å². The van der Waals surface area contributed by atoms with Crippen molar-refractivity contribution in [3.63, 3.8) is 0 Å². The number of thioether (sulfide) groups is 1. The lowest BCUT2D eigenvalue weighted by Crippen LogP contribution is -1.97. The molecule has 0 unspecified atom stereocenters. The summed E-state index contributed by atoms with van der Waals surface area (Å²) in [5.41, 5.74) is 1.37. The van der Waals surface area contributed by atoms with Crippen molar-refractivity contribution in [3.05, 3.63) is 52.8 Å². The number of hydrogen-bond donors (Lipinski definition) is 1. The molecule has 0 fully saturated rings. The fraction of sp³-hybridized carbons (Fsp3) is 0.0714. The Kier molecular flexibility index (Phi) is 4.31. The molecule has 0 saturated heterocycles. The number of anilines is 2. The summed E-state index contributed by atoms with van der Waals surface area (Å²) >= 11 is 7.18. The third kappa shape index (κ3) is 3.01. The molecule has 0 saturated carbocycles. The Morgan fingerprint density at radius 2 is 2.05 bits per heavy atom. The molecule has 0 bridgehead atoms. The molecule has 0 aromatic heterocycles. The van der Waals surface area contributed by atoms with Crippen LogP contribution in [0.2, 0.25) is 5.02 Å². The smallest absolute Gasteiger partial charge is 0.148 e. The van der Waals surface area contributed by atoms with Gasteiger partial charge in [-0.3, -0.25) is 0 Å². The Balaban J connectivity index is 2.41. The van der Waals surface area contributed by atoms with Crippen molar-refractivity contribution in [1.29, 1.82) is 5.26 Å². The van der Waals surface area contributed by atoms with Crippen LogP contribution in [-0.2, 0) is 0 Å². The molecular formula is C14H10ClFN2S. The minimum absolute atomic E-state index is 0.291. The van der Waals surface area contributed by atoms with Crippen LogP contribution >= 0.6 is 23.4 Å². The summed E-state index contributed by atoms with van der Waals surface area (Å²) in [5.74, 6) is -0.453. The number of halogens is 2. The van der Waals surface area contributed by atoms with Crippen molar-refractivity contribution in [2.45, 2.75) is 4.90 Å². The van der Waals surface area contributed by atoms with Crippen LogP contribution in [0.3, 0.4) is 0 Å². The van der Waals surface area contributed by atoms with Crippen LogP contribution < -0.4 is 5.32 Å². The first kappa shape index (κ1) is 13.7. The van der Waals surface area contributed by atoms with Crippen molar-refractivity contribution >= 4 is 34.7 Å². The Labute approximate surface area is 120 Å². The van der Waals surface area contributed by atoms with Gasteiger partial charge in [0, 0.05) is 9.92 Å². The second-order valence-electron chi connectivity index (χ2n) is 3.74. The quantitative estimate of drug-likeness (QED) is 0.824. The number of nitriles is 1. The minimum Gasteiger partial charge on any atom is -0.352 e. The molecule has 2 aromatic rings. The lowest BCUT2D eigenvalue weighted by molar-refractivity contribution is 0.632. The van der Waals surface area contributed by atoms with Crippen LogP contribution in [0.4, 0.5) is 15.8 Å². The normalized spacial score (nSPS) is 10.0. The van der Waals surface area contributed by atoms with Crippen LogP contribution in [-0.4, -0.2) is 6.26 Å². The maximum absolute atomic E-state index is 13.7. The lowest BCUT2D eigenvalue weighted by atomic mass is 10.2. The minimum atomic E-state index is -0.453. The lowest BCUT2D eigenvalue weighted by Gasteiger charge is -2.11. The third-order valence-electron chi connectivity index (χ3n) is 2.56. The Hall–Kier alpha value is -1.70. The van der Waals surface area contributed by atoms with E-state index in [-0.39, 0.29) is 0 Å². The molecule has 96 valence electrons. The van der Waals surface area contributed by atoms with E-state index in [9.17, 15) is 9.65 Å². The van der Waals surface area contributed by atoms with Gasteiger partial charge in [-0.25, -0.2) is 4.39 Å². The highest BCUT2D eigenvalue weighted by atomic mass is 35.5. The van der Waals surface area contributed by atoms with E-state index < -0.39 is 5.82 Å². The molecule has 0 atom stereocenters. The maximum Gasteiger partial charge on any atom is 0.148 e. The van der Waals surface area contributed by atoms with E-state index in [1.54, 1.807) is 18.2 Å². The maximum atomic E-state index is 13.7. The highest BCUT2D eigenvalue weighted by molar-refractivity contribution is 7.98. The average Bonchev–Trinajstić information content (AvgIpc) is 2.41. The summed E-state index contributed by atoms with van der Waals surface area (Å²) in [6, 6.07) is 11.9. The van der Waals surface area contributed by atoms with Gasteiger partial charge in [-0.2, -0.15) is 5.26 Å². The van der Waals surface area contributed by atoms with Crippen LogP contribution in [0.25, 0.3) is 0 Å². The summed E-state index contributed by atoms with van der Waals surface area (Å²) in [6.45, 7) is 0. The number of hydrogen-bond acceptors (Lipinski definition) is 3. The van der Waals surface area contributed by atoms with Crippen molar-refractivity contribution < 1.29 is 4.39 Å². The molecule has 0 aliphatic carbocycles. The second kappa shape index (κ2) is 5.96. The summed E-state index contributed by atoms with van der Waals surface area (Å²) in [6.07, 6.45) is 1.89. The molecule has 0 heterocycles. The molecule has 19 heavy (non-hydrogen) atoms. The molecule has 1 N–H and O–H groups in total. The predicted molar refractivity (Wildman–Crippen MR) is 77.6 cm³/mol. The zero-order valence-electron chi connectivity index (χ0n) is 10.1. The summed E-state index contributed by atoms with van der Waals surface area (Å²) < 4.78 is 13.7. The monoisotopic (exact) mass is 292 g/mol. The van der Waals surface area contributed by atoms with Gasteiger partial charge in [0.15, 0.2) is 0 Å². The zero-order chi connectivity index (χ0) is 13.8. The number of rotatable bonds is 3. The number of nitrogens with zero attached hydrogens (tertiary/aromatic N) is 1. The summed E-state index contributed by atoms with van der Waals surface area (Å²) in [4.78, 5) is 0.849. The molecule has 2 aromatic carbocycles. The van der Waals surface area contributed by atoms with Gasteiger partial charge in [0.05, 0.1) is 16.9 Å². The van der Waals surface area contributed by atoms with Crippen LogP contribution in [0.15, 0.2) is 41.3 Å². The highest BCUT2D eigenvalue weighted by Gasteiger charge is 2.09. The van der Waals surface area contributed by atoms with Gasteiger partial charge in [-0.05, 0) is 36.6 Å². The van der Waals surface area contributed by atoms with Crippen LogP contribution in [0.1, 0.15) is 5.56 Å². The predicted octanol–water partition coefficient (Wildman–Crippen LogP) is 4.82. The molecule has 0 aliphatic heterocycles. The Morgan fingerprint density at radius 1 is 1.26 bits per heavy atom. The van der Waals surface area contributed by atoms with Crippen molar-refractivity contribution in [2.24, 2.45) is 0 Å². The molecule has 2 rings (SSSR count). The largest absolute Gasteiger partial charge is 0.352 e. The zero-order valence-corrected chi connectivity index (χ0v) is 11.6. The highest BCUT2D eigenvalue weighted by Crippen LogP contribution is 2.30. The second-order valence-corrected chi connectivity index (χ2v) is 5.03. The van der Waals surface area contributed by atoms with Crippen LogP contribution in [0, 0.1) is 17.1 Å². The van der Waals surface area contributed by atoms with Gasteiger partial charge >= 0.3 is 0 Å². The number of benzene rings is 2. The number of nitrogens with one attached hydrogen (secondary N) is 1. The molecule has 0 amide bonds. The van der Waals surface area contributed by atoms with Crippen molar-refractivity contribution in [1.82, 2.24) is 0 Å². The fourth-order valence-corrected chi connectivity index (χ4v) is 2.39. The standard InChI is InChI=1S/C14H10ClFN2S/c1-19-14-4-2-3-12(10(14)8-17)18-13-6-5-9(15)7-11(13)16/h2-7,18H,1H3. The molecule has 0 aliphatic rings. The summed E-state index contributed by atoms with van der Waals surface area (Å²) in [5, 5.41) is 12.5. The topological polar surface area (TPSA) is 35.8 Å². The first-order chi connectivity index (χ1) is 9.15. The first-order valence-electron chi connectivity index (χ1n) is 5.45. The Bertz CT molecular complexity index is 652. The molecule has 0 spiro atoms. The van der Waals surface area contributed by atoms with Gasteiger partial charge in [0.1, 0.15) is 11.9 Å². The van der Waals surface area contributed by atoms with Crippen molar-refractivity contribution in [2.75, 3.05) is 11.6 Å². The first-order valence-corrected chi connectivity index (χ1v) is 7.05. The van der Waals surface area contributed by atoms with E-state index in [2.05, 4.69) is 11.4 Å². The fourth-order valence-electron chi connectivity index (χ4n) is 1.66.